The highest BCUT2D eigenvalue weighted by atomic mass is 32.1. The van der Waals surface area contributed by atoms with Crippen LogP contribution >= 0.6 is 11.3 Å². The molecule has 0 aliphatic rings. The molecule has 1 aromatic carbocycles. The van der Waals surface area contributed by atoms with E-state index in [1.165, 1.54) is 11.3 Å². The van der Waals surface area contributed by atoms with Crippen molar-refractivity contribution in [1.29, 1.82) is 0 Å². The summed E-state index contributed by atoms with van der Waals surface area (Å²) in [5.74, 6) is 0.111. The van der Waals surface area contributed by atoms with Crippen molar-refractivity contribution >= 4 is 22.9 Å². The topological polar surface area (TPSA) is 34.1 Å². The summed E-state index contributed by atoms with van der Waals surface area (Å²) >= 11 is 1.43. The normalized spacial score (nSPS) is 10.4. The molecule has 2 nitrogen and oxygen atoms in total. The van der Waals surface area contributed by atoms with E-state index in [9.17, 15) is 9.59 Å². The van der Waals surface area contributed by atoms with Crippen LogP contribution in [0.1, 0.15) is 45.4 Å². The third-order valence-corrected chi connectivity index (χ3v) is 3.98. The monoisotopic (exact) mass is 272 g/mol. The van der Waals surface area contributed by atoms with Gasteiger partial charge in [-0.1, -0.05) is 37.3 Å². The number of carbonyl (C=O) groups excluding carboxylic acids is 2. The first kappa shape index (κ1) is 13.7. The number of hydrogen-bond acceptors (Lipinski definition) is 3. The van der Waals surface area contributed by atoms with E-state index >= 15 is 0 Å². The lowest BCUT2D eigenvalue weighted by Crippen LogP contribution is -2.06. The standard InChI is InChI=1S/C16H16O2S/c1-2-12-6-3-4-7-13(12)14(17)9-10-15(18)16-8-5-11-19-16/h3-8,11H,2,9-10H2,1H3. The molecule has 0 N–H and O–H groups in total. The Balaban J connectivity index is 2.00. The van der Waals surface area contributed by atoms with Crippen molar-refractivity contribution < 1.29 is 9.59 Å². The van der Waals surface area contributed by atoms with Gasteiger partial charge in [-0.2, -0.15) is 0 Å². The summed E-state index contributed by atoms with van der Waals surface area (Å²) in [4.78, 5) is 24.7. The van der Waals surface area contributed by atoms with E-state index in [1.807, 2.05) is 42.6 Å². The van der Waals surface area contributed by atoms with Crippen LogP contribution in [0.3, 0.4) is 0 Å². The zero-order valence-corrected chi connectivity index (χ0v) is 11.7. The van der Waals surface area contributed by atoms with Gasteiger partial charge in [0.05, 0.1) is 4.88 Å². The van der Waals surface area contributed by atoms with Crippen molar-refractivity contribution in [2.45, 2.75) is 26.2 Å². The second kappa shape index (κ2) is 6.43. The van der Waals surface area contributed by atoms with Crippen molar-refractivity contribution in [3.8, 4) is 0 Å². The predicted molar refractivity (Wildman–Crippen MR) is 78.0 cm³/mol. The summed E-state index contributed by atoms with van der Waals surface area (Å²) in [5.41, 5.74) is 1.81. The Labute approximate surface area is 117 Å². The van der Waals surface area contributed by atoms with E-state index in [0.29, 0.717) is 0 Å². The molecule has 0 saturated carbocycles. The van der Waals surface area contributed by atoms with Crippen molar-refractivity contribution in [1.82, 2.24) is 0 Å². The molecule has 0 saturated heterocycles. The van der Waals surface area contributed by atoms with Crippen LogP contribution in [0.15, 0.2) is 41.8 Å². The summed E-state index contributed by atoms with van der Waals surface area (Å²) in [6.45, 7) is 2.03. The van der Waals surface area contributed by atoms with Gasteiger partial charge in [0.2, 0.25) is 0 Å². The van der Waals surface area contributed by atoms with Crippen LogP contribution in [-0.4, -0.2) is 11.6 Å². The highest BCUT2D eigenvalue weighted by molar-refractivity contribution is 7.12. The van der Waals surface area contributed by atoms with Crippen molar-refractivity contribution in [3.05, 3.63) is 57.8 Å². The number of ketones is 2. The van der Waals surface area contributed by atoms with Crippen LogP contribution in [0.5, 0.6) is 0 Å². The van der Waals surface area contributed by atoms with E-state index in [-0.39, 0.29) is 24.4 Å². The van der Waals surface area contributed by atoms with Crippen molar-refractivity contribution in [2.24, 2.45) is 0 Å². The lowest BCUT2D eigenvalue weighted by Gasteiger charge is -2.05. The van der Waals surface area contributed by atoms with Gasteiger partial charge >= 0.3 is 0 Å². The molecule has 0 amide bonds. The maximum atomic E-state index is 12.1. The van der Waals surface area contributed by atoms with Crippen LogP contribution in [-0.2, 0) is 6.42 Å². The highest BCUT2D eigenvalue weighted by Crippen LogP contribution is 2.16. The average Bonchev–Trinajstić information content (AvgIpc) is 2.98. The fraction of sp³-hybridized carbons (Fsp3) is 0.250. The Kier molecular flexibility index (Phi) is 4.63. The quantitative estimate of drug-likeness (QED) is 0.740. The molecule has 2 rings (SSSR count). The number of Topliss-reactive ketones (excluding diaryl/α,β-unsaturated/α-hetero) is 2. The Hall–Kier alpha value is -1.74. The Morgan fingerprint density at radius 3 is 2.42 bits per heavy atom. The second-order valence-electron chi connectivity index (χ2n) is 4.33. The van der Waals surface area contributed by atoms with E-state index in [0.717, 1.165) is 22.4 Å². The smallest absolute Gasteiger partial charge is 0.173 e. The van der Waals surface area contributed by atoms with Gasteiger partial charge in [0, 0.05) is 18.4 Å². The minimum absolute atomic E-state index is 0.0531. The summed E-state index contributed by atoms with van der Waals surface area (Å²) in [5, 5.41) is 1.88. The maximum Gasteiger partial charge on any atom is 0.173 e. The zero-order chi connectivity index (χ0) is 13.7. The SMILES string of the molecule is CCc1ccccc1C(=O)CCC(=O)c1cccs1. The molecule has 0 aliphatic heterocycles. The second-order valence-corrected chi connectivity index (χ2v) is 5.28. The molecule has 19 heavy (non-hydrogen) atoms. The molecule has 0 radical (unpaired) electrons. The maximum absolute atomic E-state index is 12.1. The molecule has 1 aromatic heterocycles. The zero-order valence-electron chi connectivity index (χ0n) is 10.9. The third kappa shape index (κ3) is 3.38. The first-order valence-electron chi connectivity index (χ1n) is 6.40. The van der Waals surface area contributed by atoms with Gasteiger partial charge in [-0.3, -0.25) is 9.59 Å². The third-order valence-electron chi connectivity index (χ3n) is 3.07. The number of carbonyl (C=O) groups is 2. The number of thiophene rings is 1. The van der Waals surface area contributed by atoms with Gasteiger partial charge in [-0.25, -0.2) is 0 Å². The molecule has 2 aromatic rings. The number of aryl methyl sites for hydroxylation is 1. The van der Waals surface area contributed by atoms with Gasteiger partial charge in [-0.15, -0.1) is 11.3 Å². The van der Waals surface area contributed by atoms with Gasteiger partial charge in [0.15, 0.2) is 11.6 Å². The fourth-order valence-electron chi connectivity index (χ4n) is 2.02. The molecule has 98 valence electrons. The minimum Gasteiger partial charge on any atom is -0.294 e. The Bertz CT molecular complexity index is 570. The molecule has 0 unspecified atom stereocenters. The molecule has 1 heterocycles. The molecule has 0 fully saturated rings. The van der Waals surface area contributed by atoms with Crippen LogP contribution in [0.2, 0.25) is 0 Å². The molecular weight excluding hydrogens is 256 g/mol. The van der Waals surface area contributed by atoms with Crippen molar-refractivity contribution in [2.75, 3.05) is 0 Å². The van der Waals surface area contributed by atoms with Gasteiger partial charge in [-0.05, 0) is 23.4 Å². The number of rotatable bonds is 6. The van der Waals surface area contributed by atoms with Gasteiger partial charge in [0.25, 0.3) is 0 Å². The summed E-state index contributed by atoms with van der Waals surface area (Å²) < 4.78 is 0. The minimum atomic E-state index is 0.0531. The lowest BCUT2D eigenvalue weighted by atomic mass is 9.98. The first-order chi connectivity index (χ1) is 9.22. The van der Waals surface area contributed by atoms with Crippen LogP contribution in [0.4, 0.5) is 0 Å². The summed E-state index contributed by atoms with van der Waals surface area (Å²) in [7, 11) is 0. The number of hydrogen-bond donors (Lipinski definition) is 0. The summed E-state index contributed by atoms with van der Waals surface area (Å²) in [6, 6.07) is 11.3. The molecule has 0 atom stereocenters. The predicted octanol–water partition coefficient (Wildman–Crippen LogP) is 4.16. The van der Waals surface area contributed by atoms with Gasteiger partial charge in [0.1, 0.15) is 0 Å². The fourth-order valence-corrected chi connectivity index (χ4v) is 2.72. The average molecular weight is 272 g/mol. The molecule has 0 spiro atoms. The Morgan fingerprint density at radius 1 is 1.00 bits per heavy atom. The molecule has 0 aliphatic carbocycles. The largest absolute Gasteiger partial charge is 0.294 e. The lowest BCUT2D eigenvalue weighted by molar-refractivity contribution is 0.0919. The molecule has 3 heteroatoms. The van der Waals surface area contributed by atoms with E-state index in [2.05, 4.69) is 0 Å². The number of benzene rings is 1. The summed E-state index contributed by atoms with van der Waals surface area (Å²) in [6.07, 6.45) is 1.41. The van der Waals surface area contributed by atoms with Crippen LogP contribution in [0.25, 0.3) is 0 Å². The van der Waals surface area contributed by atoms with Gasteiger partial charge < -0.3 is 0 Å². The Morgan fingerprint density at radius 2 is 1.74 bits per heavy atom. The molecule has 0 bridgehead atoms. The van der Waals surface area contributed by atoms with Crippen LogP contribution < -0.4 is 0 Å². The van der Waals surface area contributed by atoms with Crippen molar-refractivity contribution in [3.63, 3.8) is 0 Å². The van der Waals surface area contributed by atoms with E-state index < -0.39 is 0 Å². The molecular formula is C16H16O2S. The first-order valence-corrected chi connectivity index (χ1v) is 7.28. The van der Waals surface area contributed by atoms with Crippen LogP contribution in [0, 0.1) is 0 Å². The highest BCUT2D eigenvalue weighted by Gasteiger charge is 2.13. The van der Waals surface area contributed by atoms with E-state index in [4.69, 9.17) is 0 Å². The van der Waals surface area contributed by atoms with E-state index in [1.54, 1.807) is 6.07 Å².